The molecule has 1 aliphatic rings. The van der Waals surface area contributed by atoms with Crippen molar-refractivity contribution in [2.75, 3.05) is 13.7 Å². The van der Waals surface area contributed by atoms with Gasteiger partial charge in [-0.05, 0) is 12.8 Å². The Morgan fingerprint density at radius 3 is 2.69 bits per heavy atom. The molecule has 1 N–H and O–H groups in total. The summed E-state index contributed by atoms with van der Waals surface area (Å²) in [5, 5.41) is 1.80. The largest absolute Gasteiger partial charge is 0.468 e. The maximum atomic E-state index is 11.1. The molecular formula is C8H12ClNO3. The van der Waals surface area contributed by atoms with Crippen LogP contribution in [0.4, 0.5) is 0 Å². The first-order valence-corrected chi connectivity index (χ1v) is 4.58. The highest BCUT2D eigenvalue weighted by Crippen LogP contribution is 2.28. The van der Waals surface area contributed by atoms with E-state index in [-0.39, 0.29) is 18.4 Å². The van der Waals surface area contributed by atoms with Crippen LogP contribution < -0.4 is 5.32 Å². The molecule has 0 aliphatic heterocycles. The van der Waals surface area contributed by atoms with Crippen LogP contribution in [0.5, 0.6) is 0 Å². The van der Waals surface area contributed by atoms with Crippen LogP contribution in [0.2, 0.25) is 0 Å². The van der Waals surface area contributed by atoms with Gasteiger partial charge >= 0.3 is 5.97 Å². The van der Waals surface area contributed by atoms with Crippen LogP contribution in [0.25, 0.3) is 0 Å². The number of rotatable bonds is 4. The van der Waals surface area contributed by atoms with Crippen molar-refractivity contribution in [3.05, 3.63) is 0 Å². The molecule has 0 saturated heterocycles. The molecule has 1 amide bonds. The van der Waals surface area contributed by atoms with Crippen molar-refractivity contribution in [1.29, 1.82) is 0 Å². The van der Waals surface area contributed by atoms with Gasteiger partial charge in [0.05, 0.1) is 7.11 Å². The Labute approximate surface area is 81.6 Å². The number of amides is 1. The van der Waals surface area contributed by atoms with E-state index in [1.807, 2.05) is 0 Å². The van der Waals surface area contributed by atoms with Gasteiger partial charge in [0, 0.05) is 12.5 Å². The average Bonchev–Trinajstić information content (AvgIpc) is 2.95. The van der Waals surface area contributed by atoms with Crippen molar-refractivity contribution in [2.45, 2.75) is 18.2 Å². The SMILES string of the molecule is COC(=O)C(Cl)CNC(=O)C1CC1. The third-order valence-corrected chi connectivity index (χ3v) is 2.19. The molecule has 0 spiro atoms. The second kappa shape index (κ2) is 4.46. The molecule has 74 valence electrons. The summed E-state index contributed by atoms with van der Waals surface area (Å²) in [5.74, 6) is -0.395. The van der Waals surface area contributed by atoms with Crippen LogP contribution in [0.15, 0.2) is 0 Å². The van der Waals surface area contributed by atoms with Crippen LogP contribution in [0.3, 0.4) is 0 Å². The summed E-state index contributed by atoms with van der Waals surface area (Å²) in [6, 6.07) is 0. The summed E-state index contributed by atoms with van der Waals surface area (Å²) in [4.78, 5) is 21.9. The molecule has 0 bridgehead atoms. The first-order valence-electron chi connectivity index (χ1n) is 4.14. The highest BCUT2D eigenvalue weighted by molar-refractivity contribution is 6.30. The Morgan fingerprint density at radius 2 is 2.23 bits per heavy atom. The van der Waals surface area contributed by atoms with Gasteiger partial charge in [-0.1, -0.05) is 0 Å². The van der Waals surface area contributed by atoms with Crippen LogP contribution in [0, 0.1) is 5.92 Å². The zero-order valence-corrected chi connectivity index (χ0v) is 8.13. The zero-order chi connectivity index (χ0) is 9.84. The summed E-state index contributed by atoms with van der Waals surface area (Å²) in [6.45, 7) is 0.142. The van der Waals surface area contributed by atoms with E-state index in [9.17, 15) is 9.59 Å². The number of alkyl halides is 1. The van der Waals surface area contributed by atoms with Gasteiger partial charge in [0.15, 0.2) is 0 Å². The fourth-order valence-corrected chi connectivity index (χ4v) is 1.06. The predicted molar refractivity (Wildman–Crippen MR) is 47.4 cm³/mol. The van der Waals surface area contributed by atoms with E-state index in [0.29, 0.717) is 0 Å². The number of halogens is 1. The van der Waals surface area contributed by atoms with Gasteiger partial charge in [0.25, 0.3) is 0 Å². The fraction of sp³-hybridized carbons (Fsp3) is 0.750. The van der Waals surface area contributed by atoms with Crippen molar-refractivity contribution in [3.63, 3.8) is 0 Å². The molecule has 0 aromatic rings. The van der Waals surface area contributed by atoms with Gasteiger partial charge in [-0.25, -0.2) is 0 Å². The van der Waals surface area contributed by atoms with E-state index in [0.717, 1.165) is 12.8 Å². The topological polar surface area (TPSA) is 55.4 Å². The Hall–Kier alpha value is -0.770. The summed E-state index contributed by atoms with van der Waals surface area (Å²) in [5.41, 5.74) is 0. The monoisotopic (exact) mass is 205 g/mol. The number of carbonyl (C=O) groups excluding carboxylic acids is 2. The summed E-state index contributed by atoms with van der Waals surface area (Å²) >= 11 is 5.61. The Bertz CT molecular complexity index is 215. The molecule has 1 aliphatic carbocycles. The zero-order valence-electron chi connectivity index (χ0n) is 7.38. The third-order valence-electron chi connectivity index (χ3n) is 1.86. The first kappa shape index (κ1) is 10.3. The van der Waals surface area contributed by atoms with Gasteiger partial charge in [0.2, 0.25) is 5.91 Å². The van der Waals surface area contributed by atoms with Crippen LogP contribution in [-0.2, 0) is 14.3 Å². The maximum Gasteiger partial charge on any atom is 0.325 e. The second-order valence-electron chi connectivity index (χ2n) is 3.01. The molecule has 0 aromatic heterocycles. The van der Waals surface area contributed by atoms with Crippen molar-refractivity contribution >= 4 is 23.5 Å². The number of hydrogen-bond acceptors (Lipinski definition) is 3. The minimum absolute atomic E-state index is 0.0189. The van der Waals surface area contributed by atoms with Gasteiger partial charge in [-0.2, -0.15) is 0 Å². The summed E-state index contributed by atoms with van der Waals surface area (Å²) in [7, 11) is 1.26. The Kier molecular flexibility index (Phi) is 3.54. The molecule has 13 heavy (non-hydrogen) atoms. The lowest BCUT2D eigenvalue weighted by Crippen LogP contribution is -2.34. The average molecular weight is 206 g/mol. The summed E-state index contributed by atoms with van der Waals surface area (Å²) in [6.07, 6.45) is 1.88. The minimum atomic E-state index is -0.785. The number of ether oxygens (including phenoxy) is 1. The van der Waals surface area contributed by atoms with Gasteiger partial charge < -0.3 is 10.1 Å². The summed E-state index contributed by atoms with van der Waals surface area (Å²) < 4.78 is 4.40. The molecule has 0 aromatic carbocycles. The number of carbonyl (C=O) groups is 2. The number of methoxy groups -OCH3 is 1. The third kappa shape index (κ3) is 3.22. The maximum absolute atomic E-state index is 11.1. The van der Waals surface area contributed by atoms with E-state index >= 15 is 0 Å². The van der Waals surface area contributed by atoms with E-state index < -0.39 is 11.3 Å². The van der Waals surface area contributed by atoms with Gasteiger partial charge in [0.1, 0.15) is 5.38 Å². The number of hydrogen-bond donors (Lipinski definition) is 1. The van der Waals surface area contributed by atoms with Crippen LogP contribution >= 0.6 is 11.6 Å². The molecule has 1 atom stereocenters. The smallest absolute Gasteiger partial charge is 0.325 e. The molecule has 4 nitrogen and oxygen atoms in total. The van der Waals surface area contributed by atoms with E-state index in [1.165, 1.54) is 7.11 Å². The van der Waals surface area contributed by atoms with Crippen molar-refractivity contribution in [1.82, 2.24) is 5.32 Å². The fourth-order valence-electron chi connectivity index (χ4n) is 0.891. The Morgan fingerprint density at radius 1 is 1.62 bits per heavy atom. The standard InChI is InChI=1S/C8H12ClNO3/c1-13-8(12)6(9)4-10-7(11)5-2-3-5/h5-6H,2-4H2,1H3,(H,10,11). The van der Waals surface area contributed by atoms with Crippen molar-refractivity contribution in [3.8, 4) is 0 Å². The van der Waals surface area contributed by atoms with Crippen LogP contribution in [0.1, 0.15) is 12.8 Å². The van der Waals surface area contributed by atoms with E-state index in [1.54, 1.807) is 0 Å². The van der Waals surface area contributed by atoms with Crippen LogP contribution in [-0.4, -0.2) is 30.9 Å². The Balaban J connectivity index is 2.16. The molecule has 0 heterocycles. The molecule has 1 saturated carbocycles. The lowest BCUT2D eigenvalue weighted by molar-refractivity contribution is -0.140. The minimum Gasteiger partial charge on any atom is -0.468 e. The molecule has 1 rings (SSSR count). The van der Waals surface area contributed by atoms with E-state index in [4.69, 9.17) is 11.6 Å². The molecule has 1 fully saturated rings. The van der Waals surface area contributed by atoms with Gasteiger partial charge in [-0.15, -0.1) is 11.6 Å². The normalized spacial score (nSPS) is 17.7. The quantitative estimate of drug-likeness (QED) is 0.530. The number of nitrogens with one attached hydrogen (secondary N) is 1. The van der Waals surface area contributed by atoms with Crippen molar-refractivity contribution in [2.24, 2.45) is 5.92 Å². The first-order chi connectivity index (χ1) is 6.15. The molecular weight excluding hydrogens is 194 g/mol. The molecule has 5 heteroatoms. The van der Waals surface area contributed by atoms with Crippen molar-refractivity contribution < 1.29 is 14.3 Å². The van der Waals surface area contributed by atoms with Gasteiger partial charge in [-0.3, -0.25) is 9.59 Å². The number of esters is 1. The predicted octanol–water partition coefficient (Wildman–Crippen LogP) is 0.293. The molecule has 0 radical (unpaired) electrons. The molecule has 1 unspecified atom stereocenters. The highest BCUT2D eigenvalue weighted by Gasteiger charge is 2.30. The lowest BCUT2D eigenvalue weighted by atomic mass is 10.3. The second-order valence-corrected chi connectivity index (χ2v) is 3.54. The highest BCUT2D eigenvalue weighted by atomic mass is 35.5. The lowest BCUT2D eigenvalue weighted by Gasteiger charge is -2.07. The van der Waals surface area contributed by atoms with E-state index in [2.05, 4.69) is 10.1 Å².